The van der Waals surface area contributed by atoms with Gasteiger partial charge < -0.3 is 10.3 Å². The van der Waals surface area contributed by atoms with E-state index < -0.39 is 0 Å². The van der Waals surface area contributed by atoms with E-state index in [1.54, 1.807) is 0 Å². The molecule has 2 aromatic rings. The van der Waals surface area contributed by atoms with E-state index in [2.05, 4.69) is 36.0 Å². The third kappa shape index (κ3) is 3.84. The lowest BCUT2D eigenvalue weighted by Gasteiger charge is -2.38. The predicted octanol–water partition coefficient (Wildman–Crippen LogP) is 2.47. The number of likely N-dealkylation sites (N-methyl/N-ethyl adjacent to an activating group) is 1. The van der Waals surface area contributed by atoms with Crippen LogP contribution in [0.1, 0.15) is 18.3 Å². The average Bonchev–Trinajstić information content (AvgIpc) is 2.86. The predicted molar refractivity (Wildman–Crippen MR) is 87.3 cm³/mol. The van der Waals surface area contributed by atoms with E-state index in [4.69, 9.17) is 17.3 Å². The molecule has 0 aliphatic carbocycles. The summed E-state index contributed by atoms with van der Waals surface area (Å²) in [6, 6.07) is 7.97. The maximum absolute atomic E-state index is 6.06. The first-order chi connectivity index (χ1) is 9.94. The number of benzene rings is 1. The normalized spacial score (nSPS) is 14.4. The van der Waals surface area contributed by atoms with Crippen molar-refractivity contribution in [1.29, 1.82) is 0 Å². The van der Waals surface area contributed by atoms with Gasteiger partial charge in [-0.1, -0.05) is 23.7 Å². The second kappa shape index (κ2) is 6.60. The lowest BCUT2D eigenvalue weighted by molar-refractivity contribution is 0.131. The van der Waals surface area contributed by atoms with Crippen LogP contribution in [-0.2, 0) is 20.0 Å². The van der Waals surface area contributed by atoms with Gasteiger partial charge in [-0.3, -0.25) is 4.90 Å². The minimum absolute atomic E-state index is 0.125. The van der Waals surface area contributed by atoms with Gasteiger partial charge in [-0.2, -0.15) is 0 Å². The van der Waals surface area contributed by atoms with Crippen molar-refractivity contribution in [3.05, 3.63) is 53.1 Å². The van der Waals surface area contributed by atoms with Crippen LogP contribution in [0.25, 0.3) is 0 Å². The zero-order valence-electron chi connectivity index (χ0n) is 12.9. The van der Waals surface area contributed by atoms with Gasteiger partial charge >= 0.3 is 0 Å². The summed E-state index contributed by atoms with van der Waals surface area (Å²) in [4.78, 5) is 6.65. The Hall–Kier alpha value is -1.36. The first-order valence-electron chi connectivity index (χ1n) is 7.06. The van der Waals surface area contributed by atoms with E-state index in [0.717, 1.165) is 23.8 Å². The van der Waals surface area contributed by atoms with Gasteiger partial charge in [0.25, 0.3) is 0 Å². The number of hydrogen-bond donors (Lipinski definition) is 1. The Labute approximate surface area is 131 Å². The minimum atomic E-state index is -0.125. The summed E-state index contributed by atoms with van der Waals surface area (Å²) in [6.07, 6.45) is 4.66. The van der Waals surface area contributed by atoms with Crippen molar-refractivity contribution >= 4 is 11.6 Å². The fraction of sp³-hybridized carbons (Fsp3) is 0.438. The van der Waals surface area contributed by atoms with E-state index in [1.807, 2.05) is 36.1 Å². The zero-order chi connectivity index (χ0) is 15.5. The minimum Gasteiger partial charge on any atom is -0.337 e. The van der Waals surface area contributed by atoms with Gasteiger partial charge in [0.05, 0.1) is 6.54 Å². The van der Waals surface area contributed by atoms with E-state index in [-0.39, 0.29) is 5.54 Å². The molecule has 2 rings (SSSR count). The molecule has 0 spiro atoms. The van der Waals surface area contributed by atoms with Crippen molar-refractivity contribution in [3.63, 3.8) is 0 Å². The lowest BCUT2D eigenvalue weighted by atomic mass is 9.91. The number of halogens is 1. The van der Waals surface area contributed by atoms with E-state index in [1.165, 1.54) is 5.56 Å². The topological polar surface area (TPSA) is 47.1 Å². The molecular weight excluding hydrogens is 284 g/mol. The van der Waals surface area contributed by atoms with Crippen LogP contribution in [-0.4, -0.2) is 33.6 Å². The van der Waals surface area contributed by atoms with Gasteiger partial charge in [-0.05, 0) is 38.1 Å². The number of nitrogens with zero attached hydrogens (tertiary/aromatic N) is 3. The molecule has 1 aromatic heterocycles. The zero-order valence-corrected chi connectivity index (χ0v) is 13.6. The molecule has 1 atom stereocenters. The summed E-state index contributed by atoms with van der Waals surface area (Å²) in [5, 5.41) is 0.759. The molecule has 21 heavy (non-hydrogen) atoms. The van der Waals surface area contributed by atoms with Crippen LogP contribution >= 0.6 is 11.6 Å². The molecule has 1 heterocycles. The summed E-state index contributed by atoms with van der Waals surface area (Å²) >= 11 is 5.95. The molecule has 5 heteroatoms. The molecule has 2 N–H and O–H groups in total. The molecule has 114 valence electrons. The van der Waals surface area contributed by atoms with Crippen molar-refractivity contribution in [2.45, 2.75) is 25.4 Å². The molecule has 0 amide bonds. The van der Waals surface area contributed by atoms with E-state index in [0.29, 0.717) is 6.54 Å². The Morgan fingerprint density at radius 2 is 2.00 bits per heavy atom. The van der Waals surface area contributed by atoms with Gasteiger partial charge in [-0.15, -0.1) is 0 Å². The number of hydrogen-bond acceptors (Lipinski definition) is 3. The third-order valence-corrected chi connectivity index (χ3v) is 4.41. The first kappa shape index (κ1) is 16.0. The average molecular weight is 307 g/mol. The fourth-order valence-electron chi connectivity index (χ4n) is 2.36. The first-order valence-corrected chi connectivity index (χ1v) is 7.44. The molecule has 0 aliphatic heterocycles. The van der Waals surface area contributed by atoms with Gasteiger partial charge in [0, 0.05) is 36.5 Å². The second-order valence-electron chi connectivity index (χ2n) is 5.81. The molecule has 4 nitrogen and oxygen atoms in total. The third-order valence-electron chi connectivity index (χ3n) is 4.16. The molecule has 0 saturated heterocycles. The van der Waals surface area contributed by atoms with Gasteiger partial charge in [0.15, 0.2) is 0 Å². The Bertz CT molecular complexity index is 578. The molecule has 1 aromatic carbocycles. The van der Waals surface area contributed by atoms with Crippen LogP contribution in [0.3, 0.4) is 0 Å². The molecule has 0 aliphatic rings. The summed E-state index contributed by atoms with van der Waals surface area (Å²) in [5.41, 5.74) is 7.17. The highest BCUT2D eigenvalue weighted by Crippen LogP contribution is 2.21. The van der Waals surface area contributed by atoms with E-state index in [9.17, 15) is 0 Å². The van der Waals surface area contributed by atoms with Crippen LogP contribution in [0.4, 0.5) is 0 Å². The Morgan fingerprint density at radius 3 is 2.52 bits per heavy atom. The molecule has 0 fully saturated rings. The highest BCUT2D eigenvalue weighted by atomic mass is 35.5. The summed E-state index contributed by atoms with van der Waals surface area (Å²) < 4.78 is 2.04. The molecule has 0 radical (unpaired) electrons. The van der Waals surface area contributed by atoms with Crippen molar-refractivity contribution in [2.24, 2.45) is 12.8 Å². The molecular formula is C16H23ClN4. The van der Waals surface area contributed by atoms with Gasteiger partial charge in [0.1, 0.15) is 5.82 Å². The van der Waals surface area contributed by atoms with Crippen LogP contribution in [0.2, 0.25) is 5.02 Å². The van der Waals surface area contributed by atoms with E-state index >= 15 is 0 Å². The number of aromatic nitrogens is 2. The Morgan fingerprint density at radius 1 is 1.33 bits per heavy atom. The molecule has 0 saturated carbocycles. The fourth-order valence-corrected chi connectivity index (χ4v) is 2.48. The SMILES string of the molecule is CN(Cc1nccn1C)C(C)(CN)Cc1ccc(Cl)cc1. The monoisotopic (exact) mass is 306 g/mol. The Balaban J connectivity index is 2.12. The highest BCUT2D eigenvalue weighted by Gasteiger charge is 2.28. The maximum Gasteiger partial charge on any atom is 0.122 e. The molecule has 0 bridgehead atoms. The summed E-state index contributed by atoms with van der Waals surface area (Å²) in [5.74, 6) is 1.04. The highest BCUT2D eigenvalue weighted by molar-refractivity contribution is 6.30. The van der Waals surface area contributed by atoms with Crippen molar-refractivity contribution in [3.8, 4) is 0 Å². The van der Waals surface area contributed by atoms with Crippen LogP contribution in [0.5, 0.6) is 0 Å². The van der Waals surface area contributed by atoms with Crippen molar-refractivity contribution < 1.29 is 0 Å². The van der Waals surface area contributed by atoms with Crippen LogP contribution < -0.4 is 5.73 Å². The standard InChI is InChI=1S/C16H23ClN4/c1-16(12-18,10-13-4-6-14(17)7-5-13)21(3)11-15-19-8-9-20(15)2/h4-9H,10-12,18H2,1-3H3. The lowest BCUT2D eigenvalue weighted by Crippen LogP contribution is -2.51. The smallest absolute Gasteiger partial charge is 0.122 e. The van der Waals surface area contributed by atoms with Gasteiger partial charge in [-0.25, -0.2) is 4.98 Å². The van der Waals surface area contributed by atoms with Crippen molar-refractivity contribution in [1.82, 2.24) is 14.5 Å². The maximum atomic E-state index is 6.06. The summed E-state index contributed by atoms with van der Waals surface area (Å²) in [7, 11) is 4.10. The van der Waals surface area contributed by atoms with Crippen LogP contribution in [0.15, 0.2) is 36.7 Å². The summed E-state index contributed by atoms with van der Waals surface area (Å²) in [6.45, 7) is 3.53. The second-order valence-corrected chi connectivity index (χ2v) is 6.25. The number of rotatable bonds is 6. The largest absolute Gasteiger partial charge is 0.337 e. The Kier molecular flexibility index (Phi) is 5.04. The number of aryl methyl sites for hydroxylation is 1. The van der Waals surface area contributed by atoms with Gasteiger partial charge in [0.2, 0.25) is 0 Å². The number of nitrogens with two attached hydrogens (primary N) is 1. The van der Waals surface area contributed by atoms with Crippen LogP contribution in [0, 0.1) is 0 Å². The van der Waals surface area contributed by atoms with Crippen molar-refractivity contribution in [2.75, 3.05) is 13.6 Å². The molecule has 1 unspecified atom stereocenters. The quantitative estimate of drug-likeness (QED) is 0.892. The number of imidazole rings is 1.